The molecule has 0 spiro atoms. The van der Waals surface area contributed by atoms with Crippen molar-refractivity contribution in [3.63, 3.8) is 0 Å². The van der Waals surface area contributed by atoms with Gasteiger partial charge < -0.3 is 9.13 Å². The molecule has 53 heavy (non-hydrogen) atoms. The highest BCUT2D eigenvalue weighted by molar-refractivity contribution is 7.25. The highest BCUT2D eigenvalue weighted by Crippen LogP contribution is 2.44. The third-order valence-electron chi connectivity index (χ3n) is 10.2. The first-order valence-corrected chi connectivity index (χ1v) is 17.7. The third-order valence-corrected chi connectivity index (χ3v) is 11.3. The minimum absolute atomic E-state index is 0.102. The van der Waals surface area contributed by atoms with Crippen molar-refractivity contribution in [2.75, 3.05) is 0 Å². The summed E-state index contributed by atoms with van der Waals surface area (Å²) in [4.78, 5) is 3.86. The van der Waals surface area contributed by atoms with Gasteiger partial charge >= 0.3 is 0 Å². The molecule has 0 aliphatic rings. The standard InChI is InChI=1S/C46H22N6S/c1-50-45-29(25-48)21-35(38(26-49)46(45)52-40-15-7-2-10-31(40)32-11-3-8-16-41(32)52)28-18-27(24-47)19-30(20-28)51-39-14-6-4-12-33(39)36-23-44-37(22-42(36)51)34-13-5-9-17-43(34)53-44/h2-23H. The van der Waals surface area contributed by atoms with Gasteiger partial charge in [-0.2, -0.15) is 15.8 Å². The minimum Gasteiger partial charge on any atom is -0.318 e. The van der Waals surface area contributed by atoms with Gasteiger partial charge in [-0.05, 0) is 66.2 Å². The highest BCUT2D eigenvalue weighted by atomic mass is 32.1. The Morgan fingerprint density at radius 3 is 1.79 bits per heavy atom. The van der Waals surface area contributed by atoms with E-state index in [0.717, 1.165) is 54.7 Å². The molecule has 6 nitrogen and oxygen atoms in total. The lowest BCUT2D eigenvalue weighted by Gasteiger charge is -2.18. The van der Waals surface area contributed by atoms with Crippen molar-refractivity contribution < 1.29 is 0 Å². The molecule has 0 radical (unpaired) electrons. The molecule has 10 aromatic rings. The molecule has 0 saturated heterocycles. The van der Waals surface area contributed by atoms with Crippen LogP contribution >= 0.6 is 11.3 Å². The first-order chi connectivity index (χ1) is 26.1. The number of fused-ring (bicyclic) bond motifs is 9. The fourth-order valence-electron chi connectivity index (χ4n) is 8.00. The van der Waals surface area contributed by atoms with Crippen molar-refractivity contribution in [1.29, 1.82) is 15.8 Å². The Kier molecular flexibility index (Phi) is 6.50. The van der Waals surface area contributed by atoms with Crippen LogP contribution in [0.5, 0.6) is 0 Å². The van der Waals surface area contributed by atoms with Gasteiger partial charge in [0.1, 0.15) is 6.07 Å². The van der Waals surface area contributed by atoms with Gasteiger partial charge in [-0.3, -0.25) is 0 Å². The lowest BCUT2D eigenvalue weighted by atomic mass is 9.93. The lowest BCUT2D eigenvalue weighted by molar-refractivity contribution is 1.17. The minimum atomic E-state index is 0.102. The molecule has 242 valence electrons. The van der Waals surface area contributed by atoms with Gasteiger partial charge in [-0.15, -0.1) is 11.3 Å². The Hall–Kier alpha value is -7.68. The molecular weight excluding hydrogens is 669 g/mol. The van der Waals surface area contributed by atoms with Crippen LogP contribution in [0.15, 0.2) is 133 Å². The first-order valence-electron chi connectivity index (χ1n) is 16.9. The van der Waals surface area contributed by atoms with E-state index >= 15 is 0 Å². The SMILES string of the molecule is [C-]#[N+]c1c(C#N)cc(-c2cc(C#N)cc(-n3c4ccccc4c4cc5sc6ccccc6c5cc43)c2)c(C#N)c1-n1c2ccccc2c2ccccc21. The van der Waals surface area contributed by atoms with E-state index in [2.05, 4.69) is 76.2 Å². The van der Waals surface area contributed by atoms with Crippen LogP contribution in [-0.2, 0) is 0 Å². The van der Waals surface area contributed by atoms with E-state index in [0.29, 0.717) is 22.4 Å². The summed E-state index contributed by atoms with van der Waals surface area (Å²) in [6, 6.07) is 51.2. The second kappa shape index (κ2) is 11.4. The smallest absolute Gasteiger partial charge is 0.229 e. The molecule has 7 heteroatoms. The van der Waals surface area contributed by atoms with E-state index in [1.165, 1.54) is 14.8 Å². The second-order valence-corrected chi connectivity index (χ2v) is 14.0. The summed E-state index contributed by atoms with van der Waals surface area (Å²) in [5.74, 6) is 0. The summed E-state index contributed by atoms with van der Waals surface area (Å²) in [5, 5.41) is 38.4. The van der Waals surface area contributed by atoms with Crippen molar-refractivity contribution in [3.05, 3.63) is 162 Å². The fraction of sp³-hybridized carbons (Fsp3) is 0. The molecule has 0 saturated carbocycles. The van der Waals surface area contributed by atoms with Crippen molar-refractivity contribution >= 4 is 80.8 Å². The predicted molar refractivity (Wildman–Crippen MR) is 214 cm³/mol. The summed E-state index contributed by atoms with van der Waals surface area (Å²) in [7, 11) is 0. The van der Waals surface area contributed by atoms with E-state index in [1.807, 2.05) is 77.4 Å². The zero-order valence-electron chi connectivity index (χ0n) is 27.8. The number of hydrogen-bond acceptors (Lipinski definition) is 4. The number of nitrogens with zero attached hydrogens (tertiary/aromatic N) is 6. The molecular formula is C46H22N6S. The van der Waals surface area contributed by atoms with E-state index < -0.39 is 0 Å². The summed E-state index contributed by atoms with van der Waals surface area (Å²) in [6.45, 7) is 8.24. The first kappa shape index (κ1) is 30.2. The second-order valence-electron chi connectivity index (χ2n) is 12.9. The van der Waals surface area contributed by atoms with Crippen LogP contribution in [0.4, 0.5) is 5.69 Å². The number of hydrogen-bond donors (Lipinski definition) is 0. The maximum atomic E-state index is 11.0. The van der Waals surface area contributed by atoms with Crippen LogP contribution in [0.2, 0.25) is 0 Å². The number of rotatable bonds is 3. The van der Waals surface area contributed by atoms with Gasteiger partial charge in [0.2, 0.25) is 5.69 Å². The van der Waals surface area contributed by atoms with Gasteiger partial charge in [-0.1, -0.05) is 72.8 Å². The van der Waals surface area contributed by atoms with Gasteiger partial charge in [0.25, 0.3) is 0 Å². The van der Waals surface area contributed by atoms with Crippen molar-refractivity contribution in [2.24, 2.45) is 0 Å². The number of nitriles is 3. The lowest BCUT2D eigenvalue weighted by Crippen LogP contribution is -2.03. The van der Waals surface area contributed by atoms with Crippen molar-refractivity contribution in [1.82, 2.24) is 9.13 Å². The van der Waals surface area contributed by atoms with Crippen molar-refractivity contribution in [3.8, 4) is 40.7 Å². The molecule has 0 aliphatic carbocycles. The van der Waals surface area contributed by atoms with Gasteiger partial charge in [-0.25, -0.2) is 4.85 Å². The molecule has 7 aromatic carbocycles. The van der Waals surface area contributed by atoms with Gasteiger partial charge in [0, 0.05) is 53.0 Å². The van der Waals surface area contributed by atoms with E-state index in [9.17, 15) is 15.8 Å². The summed E-state index contributed by atoms with van der Waals surface area (Å²) in [5.41, 5.74) is 6.69. The average Bonchev–Trinajstić information content (AvgIpc) is 3.86. The maximum absolute atomic E-state index is 11.0. The monoisotopic (exact) mass is 690 g/mol. The molecule has 10 rings (SSSR count). The van der Waals surface area contributed by atoms with E-state index in [4.69, 9.17) is 6.57 Å². The highest BCUT2D eigenvalue weighted by Gasteiger charge is 2.25. The van der Waals surface area contributed by atoms with Crippen LogP contribution in [0, 0.1) is 40.6 Å². The van der Waals surface area contributed by atoms with Crippen LogP contribution in [0.3, 0.4) is 0 Å². The quantitative estimate of drug-likeness (QED) is 0.173. The van der Waals surface area contributed by atoms with E-state index in [-0.39, 0.29) is 16.8 Å². The Labute approximate surface area is 306 Å². The van der Waals surface area contributed by atoms with Crippen LogP contribution in [0.1, 0.15) is 16.7 Å². The van der Waals surface area contributed by atoms with Crippen LogP contribution in [0.25, 0.3) is 91.1 Å². The zero-order valence-corrected chi connectivity index (χ0v) is 28.6. The fourth-order valence-corrected chi connectivity index (χ4v) is 9.13. The van der Waals surface area contributed by atoms with E-state index in [1.54, 1.807) is 23.5 Å². The Bertz CT molecular complexity index is 3350. The number of aromatic nitrogens is 2. The topological polar surface area (TPSA) is 85.6 Å². The summed E-state index contributed by atoms with van der Waals surface area (Å²) >= 11 is 1.78. The molecule has 0 N–H and O–H groups in total. The molecule has 0 atom stereocenters. The number of para-hydroxylation sites is 3. The Morgan fingerprint density at radius 1 is 0.528 bits per heavy atom. The van der Waals surface area contributed by atoms with Crippen LogP contribution in [-0.4, -0.2) is 9.13 Å². The molecule has 3 heterocycles. The number of thiophene rings is 1. The zero-order chi connectivity index (χ0) is 35.8. The third kappa shape index (κ3) is 4.27. The normalized spacial score (nSPS) is 11.3. The Balaban J connectivity index is 1.30. The molecule has 0 bridgehead atoms. The average molecular weight is 691 g/mol. The maximum Gasteiger partial charge on any atom is 0.229 e. The largest absolute Gasteiger partial charge is 0.318 e. The molecule has 0 unspecified atom stereocenters. The molecule has 0 aliphatic heterocycles. The Morgan fingerprint density at radius 2 is 1.15 bits per heavy atom. The molecule has 0 amide bonds. The van der Waals surface area contributed by atoms with Crippen LogP contribution < -0.4 is 0 Å². The van der Waals surface area contributed by atoms with Gasteiger partial charge in [0.05, 0.1) is 63.2 Å². The summed E-state index contributed by atoms with van der Waals surface area (Å²) < 4.78 is 6.53. The van der Waals surface area contributed by atoms with Gasteiger partial charge in [0.15, 0.2) is 0 Å². The molecule has 0 fully saturated rings. The summed E-state index contributed by atoms with van der Waals surface area (Å²) in [6.07, 6.45) is 0. The van der Waals surface area contributed by atoms with Crippen molar-refractivity contribution in [2.45, 2.75) is 0 Å². The predicted octanol–water partition coefficient (Wildman–Crippen LogP) is 12.1. The number of benzene rings is 7. The molecule has 3 aromatic heterocycles.